The summed E-state index contributed by atoms with van der Waals surface area (Å²) >= 11 is 0. The smallest absolute Gasteiger partial charge is 0.0792 e. The van der Waals surface area contributed by atoms with Crippen molar-refractivity contribution < 1.29 is 5.11 Å². The Bertz CT molecular complexity index is 404. The second-order valence-corrected chi connectivity index (χ2v) is 6.14. The highest BCUT2D eigenvalue weighted by Gasteiger charge is 2.20. The van der Waals surface area contributed by atoms with Gasteiger partial charge in [-0.1, -0.05) is 50.3 Å². The van der Waals surface area contributed by atoms with E-state index in [0.29, 0.717) is 0 Å². The Balaban J connectivity index is 1.66. The van der Waals surface area contributed by atoms with Crippen molar-refractivity contribution in [1.82, 2.24) is 0 Å². The van der Waals surface area contributed by atoms with Crippen molar-refractivity contribution >= 4 is 0 Å². The Labute approximate surface area is 110 Å². The highest BCUT2D eigenvalue weighted by atomic mass is 16.3. The predicted octanol–water partition coefficient (Wildman–Crippen LogP) is 4.18. The van der Waals surface area contributed by atoms with Gasteiger partial charge < -0.3 is 5.11 Å². The zero-order valence-corrected chi connectivity index (χ0v) is 11.2. The Morgan fingerprint density at radius 1 is 1.00 bits per heavy atom. The molecule has 0 bridgehead atoms. The molecule has 0 aliphatic heterocycles. The number of hydrogen-bond acceptors (Lipinski definition) is 1. The first-order chi connectivity index (χ1) is 8.83. The summed E-state index contributed by atoms with van der Waals surface area (Å²) in [6, 6.07) is 6.65. The molecule has 18 heavy (non-hydrogen) atoms. The van der Waals surface area contributed by atoms with Crippen LogP contribution in [-0.2, 0) is 12.8 Å². The summed E-state index contributed by atoms with van der Waals surface area (Å²) in [6.07, 6.45) is 11.2. The fourth-order valence-electron chi connectivity index (χ4n) is 3.67. The van der Waals surface area contributed by atoms with Crippen molar-refractivity contribution in [3.63, 3.8) is 0 Å². The van der Waals surface area contributed by atoms with Gasteiger partial charge in [-0.25, -0.2) is 0 Å². The summed E-state index contributed by atoms with van der Waals surface area (Å²) < 4.78 is 0. The van der Waals surface area contributed by atoms with Crippen LogP contribution in [0.5, 0.6) is 0 Å². The van der Waals surface area contributed by atoms with Gasteiger partial charge in [-0.05, 0) is 48.3 Å². The van der Waals surface area contributed by atoms with Gasteiger partial charge in [0.05, 0.1) is 6.10 Å². The van der Waals surface area contributed by atoms with Crippen LogP contribution in [0.15, 0.2) is 18.2 Å². The number of aryl methyl sites for hydroxylation is 2. The van der Waals surface area contributed by atoms with Crippen LogP contribution in [0.1, 0.15) is 67.7 Å². The van der Waals surface area contributed by atoms with Crippen molar-refractivity contribution in [2.24, 2.45) is 5.92 Å². The number of rotatable bonds is 3. The van der Waals surface area contributed by atoms with E-state index in [4.69, 9.17) is 0 Å². The summed E-state index contributed by atoms with van der Waals surface area (Å²) in [5.41, 5.74) is 4.14. The molecule has 1 saturated carbocycles. The second-order valence-electron chi connectivity index (χ2n) is 6.14. The summed E-state index contributed by atoms with van der Waals surface area (Å²) in [5, 5.41) is 10.4. The molecule has 0 radical (unpaired) electrons. The molecule has 1 heteroatoms. The number of fused-ring (bicyclic) bond motifs is 1. The van der Waals surface area contributed by atoms with Gasteiger partial charge in [-0.15, -0.1) is 0 Å². The molecule has 0 heterocycles. The summed E-state index contributed by atoms with van der Waals surface area (Å²) in [4.78, 5) is 0. The first-order valence-corrected chi connectivity index (χ1v) is 7.63. The minimum Gasteiger partial charge on any atom is -0.388 e. The summed E-state index contributed by atoms with van der Waals surface area (Å²) in [6.45, 7) is 0. The molecule has 98 valence electrons. The van der Waals surface area contributed by atoms with Crippen molar-refractivity contribution in [3.05, 3.63) is 34.9 Å². The maximum atomic E-state index is 10.4. The van der Waals surface area contributed by atoms with Crippen molar-refractivity contribution in [3.8, 4) is 0 Å². The molecule has 0 saturated heterocycles. The molecule has 1 aromatic carbocycles. The molecule has 3 rings (SSSR count). The lowest BCUT2D eigenvalue weighted by Crippen LogP contribution is -2.11. The van der Waals surface area contributed by atoms with Gasteiger partial charge in [-0.2, -0.15) is 0 Å². The van der Waals surface area contributed by atoms with Crippen LogP contribution in [0.2, 0.25) is 0 Å². The average Bonchev–Trinajstić information content (AvgIpc) is 2.87. The zero-order chi connectivity index (χ0) is 12.4. The lowest BCUT2D eigenvalue weighted by atomic mass is 9.84. The van der Waals surface area contributed by atoms with E-state index in [1.54, 1.807) is 0 Å². The fraction of sp³-hybridized carbons (Fsp3) is 0.647. The van der Waals surface area contributed by atoms with Crippen LogP contribution < -0.4 is 0 Å². The van der Waals surface area contributed by atoms with Crippen LogP contribution in [0.3, 0.4) is 0 Å². The van der Waals surface area contributed by atoms with Crippen LogP contribution in [0.4, 0.5) is 0 Å². The minimum absolute atomic E-state index is 0.237. The van der Waals surface area contributed by atoms with E-state index in [1.165, 1.54) is 62.5 Å². The van der Waals surface area contributed by atoms with Crippen molar-refractivity contribution in [1.29, 1.82) is 0 Å². The Morgan fingerprint density at radius 3 is 2.61 bits per heavy atom. The van der Waals surface area contributed by atoms with E-state index in [-0.39, 0.29) is 6.10 Å². The quantitative estimate of drug-likeness (QED) is 0.845. The topological polar surface area (TPSA) is 20.2 Å². The van der Waals surface area contributed by atoms with Crippen LogP contribution in [0, 0.1) is 5.92 Å². The lowest BCUT2D eigenvalue weighted by Gasteiger charge is -2.24. The molecule has 2 aliphatic carbocycles. The van der Waals surface area contributed by atoms with Gasteiger partial charge in [0.25, 0.3) is 0 Å². The Kier molecular flexibility index (Phi) is 3.69. The van der Waals surface area contributed by atoms with Gasteiger partial charge in [-0.3, -0.25) is 0 Å². The predicted molar refractivity (Wildman–Crippen MR) is 74.6 cm³/mol. The van der Waals surface area contributed by atoms with Crippen LogP contribution >= 0.6 is 0 Å². The lowest BCUT2D eigenvalue weighted by molar-refractivity contribution is 0.131. The maximum Gasteiger partial charge on any atom is 0.0792 e. The van der Waals surface area contributed by atoms with E-state index in [9.17, 15) is 5.11 Å². The van der Waals surface area contributed by atoms with Gasteiger partial charge >= 0.3 is 0 Å². The van der Waals surface area contributed by atoms with Crippen molar-refractivity contribution in [2.45, 2.75) is 63.9 Å². The monoisotopic (exact) mass is 244 g/mol. The maximum absolute atomic E-state index is 10.4. The average molecular weight is 244 g/mol. The highest BCUT2D eigenvalue weighted by Crippen LogP contribution is 2.33. The molecular formula is C17H24O. The first kappa shape index (κ1) is 12.2. The Hall–Kier alpha value is -0.820. The third-order valence-corrected chi connectivity index (χ3v) is 4.79. The second kappa shape index (κ2) is 5.44. The standard InChI is InChI=1S/C17H24O/c18-17(11-13-5-2-1-3-6-13)16-10-9-14-7-4-8-15(14)12-16/h9-10,12-13,17-18H,1-8,11H2. The fourth-order valence-corrected chi connectivity index (χ4v) is 3.67. The number of benzene rings is 1. The number of hydrogen-bond donors (Lipinski definition) is 1. The van der Waals surface area contributed by atoms with Gasteiger partial charge in [0.15, 0.2) is 0 Å². The zero-order valence-electron chi connectivity index (χ0n) is 11.2. The molecule has 1 atom stereocenters. The molecule has 2 aliphatic rings. The third kappa shape index (κ3) is 2.61. The largest absolute Gasteiger partial charge is 0.388 e. The molecule has 1 N–H and O–H groups in total. The summed E-state index contributed by atoms with van der Waals surface area (Å²) in [5.74, 6) is 0.752. The molecule has 0 spiro atoms. The number of aliphatic hydroxyl groups is 1. The molecule has 1 nitrogen and oxygen atoms in total. The number of aliphatic hydroxyl groups excluding tert-OH is 1. The normalized spacial score (nSPS) is 21.8. The van der Waals surface area contributed by atoms with Gasteiger partial charge in [0.1, 0.15) is 0 Å². The van der Waals surface area contributed by atoms with E-state index < -0.39 is 0 Å². The van der Waals surface area contributed by atoms with E-state index in [2.05, 4.69) is 18.2 Å². The Morgan fingerprint density at radius 2 is 1.78 bits per heavy atom. The summed E-state index contributed by atoms with van der Waals surface area (Å²) in [7, 11) is 0. The van der Waals surface area contributed by atoms with E-state index in [1.807, 2.05) is 0 Å². The minimum atomic E-state index is -0.237. The van der Waals surface area contributed by atoms with Crippen molar-refractivity contribution in [2.75, 3.05) is 0 Å². The van der Waals surface area contributed by atoms with Gasteiger partial charge in [0.2, 0.25) is 0 Å². The van der Waals surface area contributed by atoms with E-state index in [0.717, 1.165) is 17.9 Å². The van der Waals surface area contributed by atoms with Gasteiger partial charge in [0, 0.05) is 0 Å². The highest BCUT2D eigenvalue weighted by molar-refractivity contribution is 5.36. The van der Waals surface area contributed by atoms with E-state index >= 15 is 0 Å². The molecule has 1 fully saturated rings. The SMILES string of the molecule is OC(CC1CCCCC1)c1ccc2c(c1)CCC2. The first-order valence-electron chi connectivity index (χ1n) is 7.63. The molecular weight excluding hydrogens is 220 g/mol. The third-order valence-electron chi connectivity index (χ3n) is 4.79. The van der Waals surface area contributed by atoms with Crippen LogP contribution in [0.25, 0.3) is 0 Å². The van der Waals surface area contributed by atoms with Crippen LogP contribution in [-0.4, -0.2) is 5.11 Å². The molecule has 0 amide bonds. The molecule has 1 aromatic rings. The molecule has 1 unspecified atom stereocenters. The molecule has 0 aromatic heterocycles.